The van der Waals surface area contributed by atoms with Crippen molar-refractivity contribution in [1.82, 2.24) is 19.8 Å². The van der Waals surface area contributed by atoms with Gasteiger partial charge in [-0.2, -0.15) is 0 Å². The maximum absolute atomic E-state index is 12.9. The molecule has 0 aliphatic carbocycles. The SMILES string of the molecule is CC[C@H]1CN(C(=O)c2ccc3[nH]c(=O)c(=O)[nH]c3c2)CCN1C(C)C. The Morgan fingerprint density at radius 1 is 1.16 bits per heavy atom. The van der Waals surface area contributed by atoms with Gasteiger partial charge in [-0.3, -0.25) is 19.3 Å². The largest absolute Gasteiger partial charge is 0.336 e. The van der Waals surface area contributed by atoms with Crippen molar-refractivity contribution in [3.63, 3.8) is 0 Å². The van der Waals surface area contributed by atoms with Crippen LogP contribution in [-0.4, -0.2) is 57.4 Å². The number of carbonyl (C=O) groups is 1. The highest BCUT2D eigenvalue weighted by atomic mass is 16.2. The molecule has 3 rings (SSSR count). The van der Waals surface area contributed by atoms with E-state index in [4.69, 9.17) is 0 Å². The molecule has 2 aromatic rings. The fourth-order valence-electron chi connectivity index (χ4n) is 3.53. The molecule has 0 radical (unpaired) electrons. The van der Waals surface area contributed by atoms with Gasteiger partial charge in [-0.1, -0.05) is 6.92 Å². The number of hydrogen-bond donors (Lipinski definition) is 2. The van der Waals surface area contributed by atoms with E-state index in [2.05, 4.69) is 35.6 Å². The van der Waals surface area contributed by atoms with E-state index in [0.717, 1.165) is 13.0 Å². The number of nitrogens with zero attached hydrogens (tertiary/aromatic N) is 2. The number of amides is 1. The number of benzene rings is 1. The molecule has 0 unspecified atom stereocenters. The number of rotatable bonds is 3. The lowest BCUT2D eigenvalue weighted by Crippen LogP contribution is -2.56. The average molecular weight is 344 g/mol. The van der Waals surface area contributed by atoms with Crippen molar-refractivity contribution in [2.75, 3.05) is 19.6 Å². The topological polar surface area (TPSA) is 89.3 Å². The summed E-state index contributed by atoms with van der Waals surface area (Å²) in [5.41, 5.74) is 0.0828. The predicted molar refractivity (Wildman–Crippen MR) is 97.0 cm³/mol. The Bertz CT molecular complexity index is 899. The first-order valence-electron chi connectivity index (χ1n) is 8.72. The maximum Gasteiger partial charge on any atom is 0.314 e. The van der Waals surface area contributed by atoms with Gasteiger partial charge in [-0.25, -0.2) is 0 Å². The molecule has 0 spiro atoms. The summed E-state index contributed by atoms with van der Waals surface area (Å²) in [6.45, 7) is 8.76. The van der Waals surface area contributed by atoms with E-state index in [1.807, 2.05) is 4.90 Å². The zero-order valence-corrected chi connectivity index (χ0v) is 14.8. The van der Waals surface area contributed by atoms with Crippen molar-refractivity contribution in [2.45, 2.75) is 39.3 Å². The van der Waals surface area contributed by atoms with E-state index in [1.54, 1.807) is 18.2 Å². The van der Waals surface area contributed by atoms with Crippen LogP contribution in [0.4, 0.5) is 0 Å². The van der Waals surface area contributed by atoms with Crippen LogP contribution in [0.25, 0.3) is 11.0 Å². The van der Waals surface area contributed by atoms with Crippen molar-refractivity contribution in [3.8, 4) is 0 Å². The Morgan fingerprint density at radius 3 is 2.48 bits per heavy atom. The minimum atomic E-state index is -0.714. The molecule has 2 heterocycles. The van der Waals surface area contributed by atoms with Crippen molar-refractivity contribution < 1.29 is 4.79 Å². The first-order chi connectivity index (χ1) is 11.9. The smallest absolute Gasteiger partial charge is 0.314 e. The van der Waals surface area contributed by atoms with Crippen LogP contribution in [0, 0.1) is 0 Å². The summed E-state index contributed by atoms with van der Waals surface area (Å²) in [6.07, 6.45) is 0.994. The second kappa shape index (κ2) is 6.84. The molecule has 1 fully saturated rings. The Kier molecular flexibility index (Phi) is 4.76. The molecule has 1 saturated heterocycles. The average Bonchev–Trinajstić information content (AvgIpc) is 2.61. The number of H-pyrrole nitrogens is 2. The third-order valence-electron chi connectivity index (χ3n) is 4.92. The van der Waals surface area contributed by atoms with E-state index in [9.17, 15) is 14.4 Å². The van der Waals surface area contributed by atoms with Crippen LogP contribution in [0.2, 0.25) is 0 Å². The molecule has 25 heavy (non-hydrogen) atoms. The highest BCUT2D eigenvalue weighted by Gasteiger charge is 2.30. The van der Waals surface area contributed by atoms with Crippen molar-refractivity contribution in [1.29, 1.82) is 0 Å². The molecule has 1 aromatic carbocycles. The third-order valence-corrected chi connectivity index (χ3v) is 4.92. The van der Waals surface area contributed by atoms with Crippen LogP contribution in [0.5, 0.6) is 0 Å². The molecule has 1 atom stereocenters. The summed E-state index contributed by atoms with van der Waals surface area (Å²) < 4.78 is 0. The van der Waals surface area contributed by atoms with E-state index >= 15 is 0 Å². The van der Waals surface area contributed by atoms with Gasteiger partial charge >= 0.3 is 11.1 Å². The molecule has 0 saturated carbocycles. The Balaban J connectivity index is 1.86. The number of nitrogens with one attached hydrogen (secondary N) is 2. The van der Waals surface area contributed by atoms with Gasteiger partial charge in [0, 0.05) is 37.3 Å². The molecule has 1 aliphatic rings. The van der Waals surface area contributed by atoms with Gasteiger partial charge < -0.3 is 14.9 Å². The molecule has 1 amide bonds. The maximum atomic E-state index is 12.9. The Hall–Kier alpha value is -2.41. The molecule has 1 aliphatic heterocycles. The van der Waals surface area contributed by atoms with Crippen molar-refractivity contribution in [2.24, 2.45) is 0 Å². The van der Waals surface area contributed by atoms with Crippen LogP contribution >= 0.6 is 0 Å². The minimum absolute atomic E-state index is 0.0456. The minimum Gasteiger partial charge on any atom is -0.336 e. The van der Waals surface area contributed by atoms with Gasteiger partial charge in [0.1, 0.15) is 0 Å². The first kappa shape index (κ1) is 17.4. The Morgan fingerprint density at radius 2 is 1.84 bits per heavy atom. The lowest BCUT2D eigenvalue weighted by Gasteiger charge is -2.43. The van der Waals surface area contributed by atoms with Gasteiger partial charge in [-0.05, 0) is 38.5 Å². The van der Waals surface area contributed by atoms with Gasteiger partial charge in [0.05, 0.1) is 11.0 Å². The predicted octanol–water partition coefficient (Wildman–Crippen LogP) is 1.16. The van der Waals surface area contributed by atoms with E-state index in [1.165, 1.54) is 0 Å². The van der Waals surface area contributed by atoms with E-state index in [-0.39, 0.29) is 5.91 Å². The summed E-state index contributed by atoms with van der Waals surface area (Å²) in [5, 5.41) is 0. The summed E-state index contributed by atoms with van der Waals surface area (Å²) in [5.74, 6) is -0.0456. The third kappa shape index (κ3) is 3.37. The van der Waals surface area contributed by atoms with E-state index in [0.29, 0.717) is 41.8 Å². The number of piperazine rings is 1. The number of hydrogen-bond acceptors (Lipinski definition) is 4. The summed E-state index contributed by atoms with van der Waals surface area (Å²) in [7, 11) is 0. The summed E-state index contributed by atoms with van der Waals surface area (Å²) in [4.78, 5) is 45.1. The van der Waals surface area contributed by atoms with Crippen LogP contribution in [0.3, 0.4) is 0 Å². The van der Waals surface area contributed by atoms with Crippen LogP contribution in [0.1, 0.15) is 37.6 Å². The highest BCUT2D eigenvalue weighted by molar-refractivity contribution is 5.97. The molecule has 2 N–H and O–H groups in total. The summed E-state index contributed by atoms with van der Waals surface area (Å²) >= 11 is 0. The normalized spacial score (nSPS) is 18.9. The number of aromatic amines is 2. The zero-order valence-electron chi connectivity index (χ0n) is 14.8. The monoisotopic (exact) mass is 344 g/mol. The number of fused-ring (bicyclic) bond motifs is 1. The standard InChI is InChI=1S/C18H24N4O3/c1-4-13-10-21(7-8-22(13)11(2)3)18(25)12-5-6-14-15(9-12)20-17(24)16(23)19-14/h5-6,9,11,13H,4,7-8,10H2,1-3H3,(H,19,23)(H,20,24)/t13-/m0/s1. The fourth-order valence-corrected chi connectivity index (χ4v) is 3.53. The molecule has 134 valence electrons. The summed E-state index contributed by atoms with van der Waals surface area (Å²) in [6, 6.07) is 5.79. The lowest BCUT2D eigenvalue weighted by atomic mass is 10.1. The van der Waals surface area contributed by atoms with Crippen LogP contribution in [0.15, 0.2) is 27.8 Å². The van der Waals surface area contributed by atoms with Crippen molar-refractivity contribution in [3.05, 3.63) is 44.5 Å². The quantitative estimate of drug-likeness (QED) is 0.818. The molecule has 0 bridgehead atoms. The second-order valence-electron chi connectivity index (χ2n) is 6.81. The van der Waals surface area contributed by atoms with Crippen LogP contribution in [-0.2, 0) is 0 Å². The van der Waals surface area contributed by atoms with E-state index < -0.39 is 11.1 Å². The van der Waals surface area contributed by atoms with Gasteiger partial charge in [-0.15, -0.1) is 0 Å². The molecule has 7 heteroatoms. The van der Waals surface area contributed by atoms with Crippen molar-refractivity contribution >= 4 is 16.9 Å². The molecule has 7 nitrogen and oxygen atoms in total. The second-order valence-corrected chi connectivity index (χ2v) is 6.81. The first-order valence-corrected chi connectivity index (χ1v) is 8.72. The number of carbonyl (C=O) groups excluding carboxylic acids is 1. The van der Waals surface area contributed by atoms with Gasteiger partial charge in [0.2, 0.25) is 0 Å². The zero-order chi connectivity index (χ0) is 18.1. The highest BCUT2D eigenvalue weighted by Crippen LogP contribution is 2.19. The van der Waals surface area contributed by atoms with Gasteiger partial charge in [0.15, 0.2) is 0 Å². The molecular weight excluding hydrogens is 320 g/mol. The molecule has 1 aromatic heterocycles. The molecular formula is C18H24N4O3. The fraction of sp³-hybridized carbons (Fsp3) is 0.500. The van der Waals surface area contributed by atoms with Crippen LogP contribution < -0.4 is 11.1 Å². The Labute approximate surface area is 145 Å². The number of aromatic nitrogens is 2. The van der Waals surface area contributed by atoms with Gasteiger partial charge in [0.25, 0.3) is 5.91 Å². The lowest BCUT2D eigenvalue weighted by molar-refractivity contribution is 0.0371.